The summed E-state index contributed by atoms with van der Waals surface area (Å²) in [7, 11) is 0. The maximum Gasteiger partial charge on any atom is 0.345 e. The Labute approximate surface area is 193 Å². The fourth-order valence-corrected chi connectivity index (χ4v) is 3.70. The Morgan fingerprint density at radius 2 is 1.30 bits per heavy atom. The molecule has 1 unspecified atom stereocenters. The highest BCUT2D eigenvalue weighted by atomic mass is 80.0. The first-order chi connectivity index (χ1) is 10.6. The van der Waals surface area contributed by atoms with Crippen LogP contribution < -0.4 is 9.47 Å². The van der Waals surface area contributed by atoms with Crippen LogP contribution in [0.2, 0.25) is 0 Å². The van der Waals surface area contributed by atoms with Gasteiger partial charge in [-0.05, 0) is 72.1 Å². The van der Waals surface area contributed by atoms with E-state index in [1.165, 1.54) is 0 Å². The number of hydrogen-bond donors (Lipinski definition) is 0. The van der Waals surface area contributed by atoms with Gasteiger partial charge in [0.1, 0.15) is 11.5 Å². The minimum Gasteiger partial charge on any atom is -0.441 e. The summed E-state index contributed by atoms with van der Waals surface area (Å²) < 4.78 is 12.4. The van der Waals surface area contributed by atoms with Crippen molar-refractivity contribution in [3.63, 3.8) is 0 Å². The van der Waals surface area contributed by atoms with Gasteiger partial charge in [-0.25, -0.2) is 0 Å². The minimum absolute atomic E-state index is 0.579. The van der Waals surface area contributed by atoms with Gasteiger partial charge in [0.15, 0.2) is 0 Å². The minimum atomic E-state index is -1.28. The Morgan fingerprint density at radius 1 is 0.696 bits per heavy atom. The Hall–Kier alpha value is 1.40. The monoisotopic (exact) mass is 759 g/mol. The fourth-order valence-electron chi connectivity index (χ4n) is 1.51. The van der Waals surface area contributed by atoms with Gasteiger partial charge in [-0.3, -0.25) is 0 Å². The summed E-state index contributed by atoms with van der Waals surface area (Å²) in [6, 6.07) is 13.0. The quantitative estimate of drug-likeness (QED) is 0.177. The third kappa shape index (κ3) is 5.20. The Morgan fingerprint density at radius 3 is 1.87 bits per heavy atom. The zero-order chi connectivity index (χ0) is 17.3. The zero-order valence-corrected chi connectivity index (χ0v) is 22.1. The van der Waals surface area contributed by atoms with Crippen LogP contribution in [-0.2, 0) is 0 Å². The summed E-state index contributed by atoms with van der Waals surface area (Å²) in [5.41, 5.74) is 0. The van der Waals surface area contributed by atoms with Crippen LogP contribution >= 0.6 is 112 Å². The highest BCUT2D eigenvalue weighted by molar-refractivity contribution is 9.40. The van der Waals surface area contributed by atoms with Crippen LogP contribution in [0, 0.1) is 0 Å². The van der Waals surface area contributed by atoms with Crippen molar-refractivity contribution in [3.8, 4) is 11.5 Å². The molecule has 0 saturated heterocycles. The van der Waals surface area contributed by atoms with E-state index in [0.29, 0.717) is 11.5 Å². The van der Waals surface area contributed by atoms with E-state index in [0.717, 1.165) is 13.4 Å². The number of halogens is 7. The molecule has 23 heavy (non-hydrogen) atoms. The number of ether oxygens (including phenoxy) is 2. The lowest BCUT2D eigenvalue weighted by molar-refractivity contribution is -0.0110. The highest BCUT2D eigenvalue weighted by Gasteiger charge is 2.51. The first-order valence-electron chi connectivity index (χ1n) is 5.96. The van der Waals surface area contributed by atoms with Crippen LogP contribution in [0.4, 0.5) is 0 Å². The lowest BCUT2D eigenvalue weighted by atomic mass is 10.3. The zero-order valence-electron chi connectivity index (χ0n) is 11.0. The Bertz CT molecular complexity index is 688. The van der Waals surface area contributed by atoms with Gasteiger partial charge >= 0.3 is 4.70 Å². The van der Waals surface area contributed by atoms with Gasteiger partial charge in [0.2, 0.25) is 2.14 Å². The van der Waals surface area contributed by atoms with E-state index < -0.39 is 6.84 Å². The van der Waals surface area contributed by atoms with Crippen LogP contribution in [0.3, 0.4) is 0 Å². The molecular weight excluding hydrogens is 759 g/mol. The topological polar surface area (TPSA) is 18.5 Å². The second-order valence-electron chi connectivity index (χ2n) is 4.22. The SMILES string of the molecule is Brc1ccc(OC(Br)(Oc2ccccc2)C(Br)(Br)Br)c(Br)c1Br. The number of para-hydroxylation sites is 1. The molecule has 124 valence electrons. The van der Waals surface area contributed by atoms with Crippen LogP contribution in [0.1, 0.15) is 0 Å². The van der Waals surface area contributed by atoms with Crippen molar-refractivity contribution < 1.29 is 9.47 Å². The molecule has 2 rings (SSSR count). The van der Waals surface area contributed by atoms with E-state index >= 15 is 0 Å². The molecule has 0 aliphatic heterocycles. The van der Waals surface area contributed by atoms with Crippen molar-refractivity contribution in [1.82, 2.24) is 0 Å². The van der Waals surface area contributed by atoms with Gasteiger partial charge in [0.05, 0.1) is 4.47 Å². The van der Waals surface area contributed by atoms with E-state index in [1.54, 1.807) is 0 Å². The van der Waals surface area contributed by atoms with Crippen LogP contribution in [0.5, 0.6) is 11.5 Å². The predicted molar refractivity (Wildman–Crippen MR) is 118 cm³/mol. The molecule has 2 aromatic rings. The number of hydrogen-bond acceptors (Lipinski definition) is 2. The summed E-state index contributed by atoms with van der Waals surface area (Å²) >= 11 is 24.4. The van der Waals surface area contributed by atoms with Crippen molar-refractivity contribution in [3.05, 3.63) is 55.9 Å². The molecule has 0 amide bonds. The molecule has 9 heteroatoms. The molecule has 0 radical (unpaired) electrons. The fraction of sp³-hybridized carbons (Fsp3) is 0.143. The largest absolute Gasteiger partial charge is 0.441 e. The molecule has 0 heterocycles. The highest BCUT2D eigenvalue weighted by Crippen LogP contribution is 2.52. The summed E-state index contributed by atoms with van der Waals surface area (Å²) in [5.74, 6) is 1.22. The van der Waals surface area contributed by atoms with Crippen molar-refractivity contribution in [1.29, 1.82) is 0 Å². The molecular formula is C14H7Br7O2. The Kier molecular flexibility index (Phi) is 7.56. The van der Waals surface area contributed by atoms with E-state index in [2.05, 4.69) is 112 Å². The summed E-state index contributed by atoms with van der Waals surface area (Å²) in [6.07, 6.45) is 0. The molecule has 0 aliphatic rings. The first-order valence-corrected chi connectivity index (χ1v) is 11.5. The normalized spacial score (nSPS) is 14.2. The average molecular weight is 767 g/mol. The lowest BCUT2D eigenvalue weighted by Gasteiger charge is -2.35. The molecule has 0 bridgehead atoms. The summed E-state index contributed by atoms with van der Waals surface area (Å²) in [5, 5.41) is 0. The van der Waals surface area contributed by atoms with Crippen LogP contribution in [0.15, 0.2) is 55.9 Å². The van der Waals surface area contributed by atoms with Gasteiger partial charge in [0.25, 0.3) is 0 Å². The maximum atomic E-state index is 6.09. The molecule has 0 aromatic heterocycles. The molecule has 2 aromatic carbocycles. The molecule has 0 aliphatic carbocycles. The van der Waals surface area contributed by atoms with Crippen molar-refractivity contribution in [2.75, 3.05) is 0 Å². The van der Waals surface area contributed by atoms with Gasteiger partial charge in [0, 0.05) is 24.9 Å². The smallest absolute Gasteiger partial charge is 0.345 e. The molecule has 1 atom stereocenters. The molecule has 2 nitrogen and oxygen atoms in total. The molecule has 0 saturated carbocycles. The second kappa shape index (κ2) is 8.39. The molecule has 0 fully saturated rings. The van der Waals surface area contributed by atoms with E-state index in [-0.39, 0.29) is 0 Å². The third-order valence-electron chi connectivity index (χ3n) is 2.57. The van der Waals surface area contributed by atoms with Crippen molar-refractivity contribution in [2.45, 2.75) is 6.84 Å². The third-order valence-corrected chi connectivity index (χ3v) is 9.99. The van der Waals surface area contributed by atoms with Crippen LogP contribution in [-0.4, -0.2) is 6.84 Å². The van der Waals surface area contributed by atoms with E-state index in [9.17, 15) is 0 Å². The van der Waals surface area contributed by atoms with Crippen molar-refractivity contribution >= 4 is 112 Å². The van der Waals surface area contributed by atoms with Crippen LogP contribution in [0.25, 0.3) is 0 Å². The number of alkyl halides is 4. The van der Waals surface area contributed by atoms with E-state index in [1.807, 2.05) is 42.5 Å². The summed E-state index contributed by atoms with van der Waals surface area (Å²) in [4.78, 5) is 0. The maximum absolute atomic E-state index is 6.09. The molecule has 0 spiro atoms. The Balaban J connectivity index is 2.39. The lowest BCUT2D eigenvalue weighted by Crippen LogP contribution is -2.47. The molecule has 0 N–H and O–H groups in total. The second-order valence-corrected chi connectivity index (χ2v) is 14.5. The van der Waals surface area contributed by atoms with Gasteiger partial charge < -0.3 is 9.47 Å². The average Bonchev–Trinajstić information content (AvgIpc) is 2.48. The van der Waals surface area contributed by atoms with Gasteiger partial charge in [-0.1, -0.05) is 66.0 Å². The van der Waals surface area contributed by atoms with E-state index in [4.69, 9.17) is 9.47 Å². The number of benzene rings is 2. The van der Waals surface area contributed by atoms with Crippen molar-refractivity contribution in [2.24, 2.45) is 0 Å². The predicted octanol–water partition coefficient (Wildman–Crippen LogP) is 8.32. The first kappa shape index (κ1) is 20.7. The standard InChI is InChI=1S/C14H7Br7O2/c15-9-6-7-10(12(17)11(9)16)23-14(21,13(18,19)20)22-8-4-2-1-3-5-8/h1-7H. The van der Waals surface area contributed by atoms with Gasteiger partial charge in [-0.2, -0.15) is 0 Å². The summed E-state index contributed by atoms with van der Waals surface area (Å²) in [6.45, 7) is 0. The van der Waals surface area contributed by atoms with Gasteiger partial charge in [-0.15, -0.1) is 0 Å². The number of rotatable bonds is 4.